The molecule has 0 N–H and O–H groups in total. The third-order valence-corrected chi connectivity index (χ3v) is 4.93. The zero-order valence-corrected chi connectivity index (χ0v) is 12.9. The summed E-state index contributed by atoms with van der Waals surface area (Å²) in [6, 6.07) is 3.02. The van der Waals surface area contributed by atoms with Crippen LogP contribution in [0.25, 0.3) is 0 Å². The maximum atomic E-state index is 12.4. The monoisotopic (exact) mass is 301 g/mol. The van der Waals surface area contributed by atoms with Gasteiger partial charge in [-0.15, -0.1) is 0 Å². The fraction of sp³-hybridized carbons (Fsp3) is 0.462. The second-order valence-corrected chi connectivity index (χ2v) is 7.81. The summed E-state index contributed by atoms with van der Waals surface area (Å²) in [5, 5.41) is 0. The van der Waals surface area contributed by atoms with E-state index in [1.54, 1.807) is 25.7 Å². The number of benzene rings is 1. The highest BCUT2D eigenvalue weighted by Gasteiger charge is 2.44. The molecule has 1 aliphatic rings. The molecule has 0 aromatic heterocycles. The molecule has 0 saturated carbocycles. The number of carbonyl (C=O) groups is 1. The van der Waals surface area contributed by atoms with Crippen LogP contribution in [0.2, 0.25) is 0 Å². The third kappa shape index (κ3) is 2.05. The number of hydrogen-bond acceptors (Lipinski definition) is 3. The Hall–Kier alpha value is -1.07. The summed E-state index contributed by atoms with van der Waals surface area (Å²) in [4.78, 5) is 14.1. The van der Waals surface area contributed by atoms with Crippen molar-refractivity contribution in [1.29, 1.82) is 0 Å². The number of aryl methyl sites for hydroxylation is 1. The van der Waals surface area contributed by atoms with Gasteiger partial charge in [-0.3, -0.25) is 4.79 Å². The van der Waals surface area contributed by atoms with Gasteiger partial charge in [0.05, 0.1) is 16.0 Å². The molecule has 0 atom stereocenters. The summed E-state index contributed by atoms with van der Waals surface area (Å²) < 4.78 is 23.0. The Balaban J connectivity index is 2.80. The van der Waals surface area contributed by atoms with E-state index in [0.29, 0.717) is 6.54 Å². The minimum atomic E-state index is -3.80. The van der Waals surface area contributed by atoms with Crippen LogP contribution in [0.3, 0.4) is 0 Å². The van der Waals surface area contributed by atoms with Gasteiger partial charge in [-0.2, -0.15) is 0 Å². The van der Waals surface area contributed by atoms with Gasteiger partial charge in [-0.25, -0.2) is 8.42 Å². The fourth-order valence-electron chi connectivity index (χ4n) is 2.58. The van der Waals surface area contributed by atoms with E-state index in [-0.39, 0.29) is 10.8 Å². The highest BCUT2D eigenvalue weighted by atomic mass is 35.7. The summed E-state index contributed by atoms with van der Waals surface area (Å²) in [6.07, 6.45) is 0. The van der Waals surface area contributed by atoms with Gasteiger partial charge in [0.25, 0.3) is 9.05 Å². The molecular formula is C13H16ClNO3S. The molecule has 1 heterocycles. The van der Waals surface area contributed by atoms with Crippen LogP contribution in [0, 0.1) is 6.92 Å². The van der Waals surface area contributed by atoms with Crippen LogP contribution < -0.4 is 4.90 Å². The first-order valence-corrected chi connectivity index (χ1v) is 8.33. The lowest BCUT2D eigenvalue weighted by Crippen LogP contribution is -2.36. The van der Waals surface area contributed by atoms with Crippen LogP contribution in [0.5, 0.6) is 0 Å². The second-order valence-electron chi connectivity index (χ2n) is 5.25. The first-order valence-electron chi connectivity index (χ1n) is 6.02. The summed E-state index contributed by atoms with van der Waals surface area (Å²) in [7, 11) is 1.61. The molecule has 0 bridgehead atoms. The van der Waals surface area contributed by atoms with Gasteiger partial charge >= 0.3 is 0 Å². The molecule has 2 rings (SSSR count). The highest BCUT2D eigenvalue weighted by molar-refractivity contribution is 8.13. The molecule has 1 amide bonds. The van der Waals surface area contributed by atoms with Crippen molar-refractivity contribution < 1.29 is 13.2 Å². The van der Waals surface area contributed by atoms with E-state index in [1.165, 1.54) is 12.1 Å². The van der Waals surface area contributed by atoms with E-state index >= 15 is 0 Å². The Kier molecular flexibility index (Phi) is 3.18. The SMILES string of the molecule is CCN1C(=O)C(C)(C)c2cc(S(=O)(=O)Cl)cc(C)c21. The minimum absolute atomic E-state index is 0.0165. The molecule has 0 saturated heterocycles. The Morgan fingerprint density at radius 2 is 1.89 bits per heavy atom. The maximum Gasteiger partial charge on any atom is 0.261 e. The third-order valence-electron chi connectivity index (χ3n) is 3.59. The predicted molar refractivity (Wildman–Crippen MR) is 75.3 cm³/mol. The Morgan fingerprint density at radius 1 is 1.32 bits per heavy atom. The van der Waals surface area contributed by atoms with Crippen LogP contribution in [0.15, 0.2) is 17.0 Å². The molecule has 0 spiro atoms. The smallest absolute Gasteiger partial charge is 0.261 e. The first kappa shape index (κ1) is 14.3. The number of nitrogens with zero attached hydrogens (tertiary/aromatic N) is 1. The highest BCUT2D eigenvalue weighted by Crippen LogP contribution is 2.44. The molecule has 0 radical (unpaired) electrons. The number of carbonyl (C=O) groups excluding carboxylic acids is 1. The maximum absolute atomic E-state index is 12.4. The lowest BCUT2D eigenvalue weighted by Gasteiger charge is -2.18. The van der Waals surface area contributed by atoms with Crippen molar-refractivity contribution in [2.45, 2.75) is 38.0 Å². The van der Waals surface area contributed by atoms with Crippen molar-refractivity contribution in [3.63, 3.8) is 0 Å². The first-order chi connectivity index (χ1) is 8.60. The van der Waals surface area contributed by atoms with E-state index in [1.807, 2.05) is 6.92 Å². The number of halogens is 1. The van der Waals surface area contributed by atoms with Crippen LogP contribution in [0.1, 0.15) is 31.9 Å². The molecule has 1 aromatic carbocycles. The molecule has 19 heavy (non-hydrogen) atoms. The van der Waals surface area contributed by atoms with E-state index < -0.39 is 14.5 Å². The summed E-state index contributed by atoms with van der Waals surface area (Å²) in [6.45, 7) is 7.85. The van der Waals surface area contributed by atoms with Crippen molar-refractivity contribution in [2.75, 3.05) is 11.4 Å². The molecule has 4 nitrogen and oxygen atoms in total. The van der Waals surface area contributed by atoms with Gasteiger partial charge in [0.1, 0.15) is 0 Å². The zero-order chi connectivity index (χ0) is 14.6. The minimum Gasteiger partial charge on any atom is -0.311 e. The number of fused-ring (bicyclic) bond motifs is 1. The van der Waals surface area contributed by atoms with E-state index in [0.717, 1.165) is 16.8 Å². The van der Waals surface area contributed by atoms with Crippen LogP contribution in [-0.2, 0) is 19.3 Å². The molecular weight excluding hydrogens is 286 g/mol. The average molecular weight is 302 g/mol. The Morgan fingerprint density at radius 3 is 2.37 bits per heavy atom. The molecule has 6 heteroatoms. The fourth-order valence-corrected chi connectivity index (χ4v) is 3.42. The van der Waals surface area contributed by atoms with Gasteiger partial charge in [-0.1, -0.05) is 0 Å². The normalized spacial score (nSPS) is 17.7. The number of likely N-dealkylation sites (N-methyl/N-ethyl adjacent to an activating group) is 1. The van der Waals surface area contributed by atoms with Gasteiger partial charge in [-0.05, 0) is 51.0 Å². The van der Waals surface area contributed by atoms with Crippen LogP contribution in [0.4, 0.5) is 5.69 Å². The van der Waals surface area contributed by atoms with Crippen LogP contribution in [-0.4, -0.2) is 20.9 Å². The quantitative estimate of drug-likeness (QED) is 0.789. The van der Waals surface area contributed by atoms with Crippen molar-refractivity contribution in [3.05, 3.63) is 23.3 Å². The average Bonchev–Trinajstić information content (AvgIpc) is 2.48. The lowest BCUT2D eigenvalue weighted by atomic mass is 9.85. The summed E-state index contributed by atoms with van der Waals surface area (Å²) in [5.74, 6) is -0.0165. The molecule has 1 aliphatic heterocycles. The summed E-state index contributed by atoms with van der Waals surface area (Å²) in [5.41, 5.74) is 1.55. The van der Waals surface area contributed by atoms with Crippen molar-refractivity contribution in [3.8, 4) is 0 Å². The second kappa shape index (κ2) is 4.21. The number of amides is 1. The Labute approximate surface area is 117 Å². The lowest BCUT2D eigenvalue weighted by molar-refractivity contribution is -0.122. The van der Waals surface area contributed by atoms with Crippen molar-refractivity contribution in [1.82, 2.24) is 0 Å². The van der Waals surface area contributed by atoms with Gasteiger partial charge in [0, 0.05) is 17.2 Å². The largest absolute Gasteiger partial charge is 0.311 e. The number of rotatable bonds is 2. The van der Waals surface area contributed by atoms with Gasteiger partial charge < -0.3 is 4.90 Å². The van der Waals surface area contributed by atoms with Gasteiger partial charge in [0.2, 0.25) is 5.91 Å². The molecule has 104 valence electrons. The number of hydrogen-bond donors (Lipinski definition) is 0. The van der Waals surface area contributed by atoms with Gasteiger partial charge in [0.15, 0.2) is 0 Å². The van der Waals surface area contributed by atoms with E-state index in [2.05, 4.69) is 0 Å². The Bertz CT molecular complexity index is 665. The predicted octanol–water partition coefficient (Wildman–Crippen LogP) is 2.57. The molecule has 0 aliphatic carbocycles. The topological polar surface area (TPSA) is 54.5 Å². The molecule has 0 fully saturated rings. The number of anilines is 1. The van der Waals surface area contributed by atoms with Crippen molar-refractivity contribution >= 4 is 31.3 Å². The van der Waals surface area contributed by atoms with Crippen LogP contribution >= 0.6 is 10.7 Å². The standard InChI is InChI=1S/C13H16ClNO3S/c1-5-15-11-8(2)6-9(19(14,17)18)7-10(11)13(3,4)12(15)16/h6-7H,5H2,1-4H3. The zero-order valence-electron chi connectivity index (χ0n) is 11.3. The van der Waals surface area contributed by atoms with E-state index in [9.17, 15) is 13.2 Å². The molecule has 1 aromatic rings. The molecule has 0 unspecified atom stereocenters. The summed E-state index contributed by atoms with van der Waals surface area (Å²) >= 11 is 0. The van der Waals surface area contributed by atoms with E-state index in [4.69, 9.17) is 10.7 Å². The van der Waals surface area contributed by atoms with Crippen molar-refractivity contribution in [2.24, 2.45) is 0 Å².